The van der Waals surface area contributed by atoms with E-state index < -0.39 is 42.4 Å². The number of nitrogens with one attached hydrogen (secondary N) is 2. The van der Waals surface area contributed by atoms with Crippen molar-refractivity contribution >= 4 is 17.7 Å². The van der Waals surface area contributed by atoms with Crippen LogP contribution in [0.1, 0.15) is 30.1 Å². The SMILES string of the molecule is CCNC(=O)C1CC(NC(=O)CC(F)(F)F)CN1C(=O)c1ccccc1. The molecule has 1 aliphatic heterocycles. The van der Waals surface area contributed by atoms with Gasteiger partial charge < -0.3 is 15.5 Å². The number of rotatable bonds is 5. The maximum atomic E-state index is 12.7. The number of carbonyl (C=O) groups excluding carboxylic acids is 3. The van der Waals surface area contributed by atoms with Gasteiger partial charge in [0.2, 0.25) is 11.8 Å². The Balaban J connectivity index is 2.12. The summed E-state index contributed by atoms with van der Waals surface area (Å²) in [5.41, 5.74) is 0.365. The van der Waals surface area contributed by atoms with E-state index >= 15 is 0 Å². The molecule has 0 bridgehead atoms. The lowest BCUT2D eigenvalue weighted by Gasteiger charge is -2.23. The second kappa shape index (κ2) is 8.20. The molecule has 2 rings (SSSR count). The van der Waals surface area contributed by atoms with Crippen molar-refractivity contribution in [3.63, 3.8) is 0 Å². The zero-order chi connectivity index (χ0) is 19.3. The van der Waals surface area contributed by atoms with E-state index in [9.17, 15) is 27.6 Å². The van der Waals surface area contributed by atoms with Crippen LogP contribution in [0.3, 0.4) is 0 Å². The molecule has 1 saturated heterocycles. The third-order valence-electron chi connectivity index (χ3n) is 3.96. The van der Waals surface area contributed by atoms with Crippen LogP contribution in [0.25, 0.3) is 0 Å². The Morgan fingerprint density at radius 2 is 1.85 bits per heavy atom. The normalized spacial score (nSPS) is 19.9. The second-order valence-corrected chi connectivity index (χ2v) is 6.03. The van der Waals surface area contributed by atoms with Crippen LogP contribution in [0.15, 0.2) is 30.3 Å². The molecule has 0 aliphatic carbocycles. The standard InChI is InChI=1S/C17H20F3N3O3/c1-2-21-15(25)13-8-12(22-14(24)9-17(18,19)20)10-23(13)16(26)11-6-4-3-5-7-11/h3-7,12-13H,2,8-10H2,1H3,(H,21,25)(H,22,24). The molecule has 1 aliphatic rings. The molecule has 0 spiro atoms. The van der Waals surface area contributed by atoms with E-state index in [-0.39, 0.29) is 13.0 Å². The summed E-state index contributed by atoms with van der Waals surface area (Å²) >= 11 is 0. The quantitative estimate of drug-likeness (QED) is 0.823. The van der Waals surface area contributed by atoms with E-state index in [1.165, 1.54) is 4.90 Å². The highest BCUT2D eigenvalue weighted by molar-refractivity contribution is 5.98. The van der Waals surface area contributed by atoms with Gasteiger partial charge in [-0.3, -0.25) is 14.4 Å². The lowest BCUT2D eigenvalue weighted by molar-refractivity contribution is -0.154. The van der Waals surface area contributed by atoms with Crippen LogP contribution < -0.4 is 10.6 Å². The minimum atomic E-state index is -4.61. The Morgan fingerprint density at radius 1 is 1.19 bits per heavy atom. The van der Waals surface area contributed by atoms with Crippen molar-refractivity contribution in [1.82, 2.24) is 15.5 Å². The van der Waals surface area contributed by atoms with E-state index in [1.54, 1.807) is 37.3 Å². The van der Waals surface area contributed by atoms with E-state index in [0.717, 1.165) is 0 Å². The zero-order valence-corrected chi connectivity index (χ0v) is 14.2. The van der Waals surface area contributed by atoms with Gasteiger partial charge in [-0.25, -0.2) is 0 Å². The second-order valence-electron chi connectivity index (χ2n) is 6.03. The first kappa shape index (κ1) is 19.7. The van der Waals surface area contributed by atoms with Crippen LogP contribution in [-0.4, -0.2) is 54.0 Å². The first-order chi connectivity index (χ1) is 12.2. The number of carbonyl (C=O) groups is 3. The summed E-state index contributed by atoms with van der Waals surface area (Å²) in [7, 11) is 0. The number of halogens is 3. The summed E-state index contributed by atoms with van der Waals surface area (Å²) in [6.07, 6.45) is -6.14. The molecule has 26 heavy (non-hydrogen) atoms. The molecule has 142 valence electrons. The van der Waals surface area contributed by atoms with Crippen molar-refractivity contribution in [2.75, 3.05) is 13.1 Å². The van der Waals surface area contributed by atoms with Gasteiger partial charge in [0, 0.05) is 24.7 Å². The molecular formula is C17H20F3N3O3. The predicted octanol–water partition coefficient (Wildman–Crippen LogP) is 1.47. The van der Waals surface area contributed by atoms with E-state index in [0.29, 0.717) is 12.1 Å². The van der Waals surface area contributed by atoms with Crippen LogP contribution in [0, 0.1) is 0 Å². The number of nitrogens with zero attached hydrogens (tertiary/aromatic N) is 1. The molecule has 2 unspecified atom stereocenters. The molecule has 9 heteroatoms. The van der Waals surface area contributed by atoms with Crippen LogP contribution >= 0.6 is 0 Å². The molecule has 1 aromatic carbocycles. The smallest absolute Gasteiger partial charge is 0.355 e. The molecule has 0 radical (unpaired) electrons. The van der Waals surface area contributed by atoms with Crippen molar-refractivity contribution < 1.29 is 27.6 Å². The molecule has 1 fully saturated rings. The number of likely N-dealkylation sites (tertiary alicyclic amines) is 1. The van der Waals surface area contributed by atoms with E-state index in [1.807, 2.05) is 0 Å². The van der Waals surface area contributed by atoms with Gasteiger partial charge in [-0.05, 0) is 25.5 Å². The average molecular weight is 371 g/mol. The number of hydrogen-bond donors (Lipinski definition) is 2. The molecule has 0 saturated carbocycles. The molecule has 2 atom stereocenters. The Bertz CT molecular complexity index is 664. The highest BCUT2D eigenvalue weighted by Crippen LogP contribution is 2.23. The molecule has 6 nitrogen and oxygen atoms in total. The maximum absolute atomic E-state index is 12.7. The fourth-order valence-electron chi connectivity index (χ4n) is 2.91. The fourth-order valence-corrected chi connectivity index (χ4v) is 2.91. The summed E-state index contributed by atoms with van der Waals surface area (Å²) in [6.45, 7) is 2.05. The largest absolute Gasteiger partial charge is 0.397 e. The van der Waals surface area contributed by atoms with Crippen molar-refractivity contribution in [3.8, 4) is 0 Å². The van der Waals surface area contributed by atoms with Crippen LogP contribution in [0.2, 0.25) is 0 Å². The Morgan fingerprint density at radius 3 is 2.42 bits per heavy atom. The molecule has 2 N–H and O–H groups in total. The van der Waals surface area contributed by atoms with Gasteiger partial charge in [0.05, 0.1) is 0 Å². The number of hydrogen-bond acceptors (Lipinski definition) is 3. The van der Waals surface area contributed by atoms with E-state index in [2.05, 4.69) is 10.6 Å². The van der Waals surface area contributed by atoms with Gasteiger partial charge in [-0.1, -0.05) is 18.2 Å². The number of benzene rings is 1. The Kier molecular flexibility index (Phi) is 6.23. The van der Waals surface area contributed by atoms with Crippen molar-refractivity contribution in [2.24, 2.45) is 0 Å². The first-order valence-electron chi connectivity index (χ1n) is 8.21. The van der Waals surface area contributed by atoms with Crippen LogP contribution in [-0.2, 0) is 9.59 Å². The van der Waals surface area contributed by atoms with Gasteiger partial charge >= 0.3 is 6.18 Å². The summed E-state index contributed by atoms with van der Waals surface area (Å²) in [5.74, 6) is -1.98. The van der Waals surface area contributed by atoms with Crippen molar-refractivity contribution in [2.45, 2.75) is 38.0 Å². The van der Waals surface area contributed by atoms with Gasteiger partial charge in [0.1, 0.15) is 12.5 Å². The van der Waals surface area contributed by atoms with Crippen molar-refractivity contribution in [1.29, 1.82) is 0 Å². The lowest BCUT2D eigenvalue weighted by atomic mass is 10.1. The third-order valence-corrected chi connectivity index (χ3v) is 3.96. The highest BCUT2D eigenvalue weighted by atomic mass is 19.4. The van der Waals surface area contributed by atoms with Gasteiger partial charge in [0.15, 0.2) is 0 Å². The maximum Gasteiger partial charge on any atom is 0.397 e. The molecule has 3 amide bonds. The summed E-state index contributed by atoms with van der Waals surface area (Å²) in [4.78, 5) is 37.8. The average Bonchev–Trinajstić information content (AvgIpc) is 2.97. The third kappa shape index (κ3) is 5.21. The Hall–Kier alpha value is -2.58. The molecule has 1 aromatic rings. The Labute approximate surface area is 148 Å². The zero-order valence-electron chi connectivity index (χ0n) is 14.2. The topological polar surface area (TPSA) is 78.5 Å². The van der Waals surface area contributed by atoms with Crippen LogP contribution in [0.5, 0.6) is 0 Å². The lowest BCUT2D eigenvalue weighted by Crippen LogP contribution is -2.46. The van der Waals surface area contributed by atoms with E-state index in [4.69, 9.17) is 0 Å². The highest BCUT2D eigenvalue weighted by Gasteiger charge is 2.41. The summed E-state index contributed by atoms with van der Waals surface area (Å²) in [5, 5.41) is 4.88. The molecule has 0 aromatic heterocycles. The van der Waals surface area contributed by atoms with Gasteiger partial charge in [0.25, 0.3) is 5.91 Å². The fraction of sp³-hybridized carbons (Fsp3) is 0.471. The summed E-state index contributed by atoms with van der Waals surface area (Å²) < 4.78 is 37.0. The van der Waals surface area contributed by atoms with Gasteiger partial charge in [-0.15, -0.1) is 0 Å². The first-order valence-corrected chi connectivity index (χ1v) is 8.21. The molecular weight excluding hydrogens is 351 g/mol. The predicted molar refractivity (Wildman–Crippen MR) is 87.2 cm³/mol. The van der Waals surface area contributed by atoms with Crippen molar-refractivity contribution in [3.05, 3.63) is 35.9 Å². The summed E-state index contributed by atoms with van der Waals surface area (Å²) in [6, 6.07) is 6.70. The van der Waals surface area contributed by atoms with Gasteiger partial charge in [-0.2, -0.15) is 13.2 Å². The minimum Gasteiger partial charge on any atom is -0.355 e. The minimum absolute atomic E-state index is 0.0286. The number of alkyl halides is 3. The van der Waals surface area contributed by atoms with Crippen LogP contribution in [0.4, 0.5) is 13.2 Å². The number of likely N-dealkylation sites (N-methyl/N-ethyl adjacent to an activating group) is 1. The molecule has 1 heterocycles. The monoisotopic (exact) mass is 371 g/mol. The number of amides is 3.